The summed E-state index contributed by atoms with van der Waals surface area (Å²) in [7, 11) is 0. The molecular weight excluding hydrogens is 403 g/mol. The van der Waals surface area contributed by atoms with Gasteiger partial charge in [0, 0.05) is 36.1 Å². The molecule has 28 heavy (non-hydrogen) atoms. The van der Waals surface area contributed by atoms with Crippen molar-refractivity contribution in [2.45, 2.75) is 39.3 Å². The lowest BCUT2D eigenvalue weighted by atomic mass is 10.2. The van der Waals surface area contributed by atoms with Crippen LogP contribution >= 0.6 is 23.2 Å². The van der Waals surface area contributed by atoms with E-state index in [0.717, 1.165) is 0 Å². The first-order chi connectivity index (χ1) is 13.0. The Morgan fingerprint density at radius 2 is 1.89 bits per heavy atom. The summed E-state index contributed by atoms with van der Waals surface area (Å²) in [5, 5.41) is 1.29. The number of hydrogen-bond donors (Lipinski definition) is 0. The van der Waals surface area contributed by atoms with E-state index >= 15 is 0 Å². The molecular formula is C19H22Cl2N4O3. The van der Waals surface area contributed by atoms with Crippen LogP contribution in [0.15, 0.2) is 18.2 Å². The fraction of sp³-hybridized carbons (Fsp3) is 0.474. The third-order valence-electron chi connectivity index (χ3n) is 4.35. The van der Waals surface area contributed by atoms with E-state index in [-0.39, 0.29) is 29.0 Å². The Kier molecular flexibility index (Phi) is 5.68. The van der Waals surface area contributed by atoms with Gasteiger partial charge in [-0.15, -0.1) is 0 Å². The van der Waals surface area contributed by atoms with Crippen LogP contribution in [-0.2, 0) is 4.74 Å². The van der Waals surface area contributed by atoms with Crippen LogP contribution in [0, 0.1) is 0 Å². The maximum atomic E-state index is 12.9. The van der Waals surface area contributed by atoms with Gasteiger partial charge in [0.1, 0.15) is 10.8 Å². The molecule has 1 saturated heterocycles. The molecule has 7 nitrogen and oxygen atoms in total. The molecule has 2 aromatic rings. The van der Waals surface area contributed by atoms with Gasteiger partial charge in [-0.2, -0.15) is 0 Å². The zero-order chi connectivity index (χ0) is 20.6. The van der Waals surface area contributed by atoms with Crippen molar-refractivity contribution in [1.82, 2.24) is 19.8 Å². The first-order valence-electron chi connectivity index (χ1n) is 8.97. The SMILES string of the molecule is C[C@@H]1CN(C(=O)c2nc(Cl)c3cc(Cl)ccc3n2)CCN1C(=O)OC(C)(C)C. The van der Waals surface area contributed by atoms with Crippen molar-refractivity contribution in [2.75, 3.05) is 19.6 Å². The average molecular weight is 425 g/mol. The summed E-state index contributed by atoms with van der Waals surface area (Å²) >= 11 is 12.2. The second-order valence-corrected chi connectivity index (χ2v) is 8.57. The molecule has 0 aliphatic carbocycles. The van der Waals surface area contributed by atoms with Crippen molar-refractivity contribution in [3.8, 4) is 0 Å². The first-order valence-corrected chi connectivity index (χ1v) is 9.72. The minimum atomic E-state index is -0.567. The minimum absolute atomic E-state index is 0.0257. The highest BCUT2D eigenvalue weighted by molar-refractivity contribution is 6.35. The van der Waals surface area contributed by atoms with Crippen LogP contribution in [0.1, 0.15) is 38.3 Å². The van der Waals surface area contributed by atoms with E-state index in [9.17, 15) is 9.59 Å². The second-order valence-electron chi connectivity index (χ2n) is 7.77. The fourth-order valence-electron chi connectivity index (χ4n) is 3.03. The van der Waals surface area contributed by atoms with Gasteiger partial charge in [-0.1, -0.05) is 23.2 Å². The maximum Gasteiger partial charge on any atom is 0.410 e. The number of rotatable bonds is 1. The number of fused-ring (bicyclic) bond motifs is 1. The number of piperazine rings is 1. The van der Waals surface area contributed by atoms with Gasteiger partial charge in [-0.05, 0) is 45.9 Å². The van der Waals surface area contributed by atoms with Crippen LogP contribution in [0.5, 0.6) is 0 Å². The molecule has 0 saturated carbocycles. The van der Waals surface area contributed by atoms with Crippen molar-refractivity contribution in [2.24, 2.45) is 0 Å². The van der Waals surface area contributed by atoms with Gasteiger partial charge in [0.15, 0.2) is 0 Å². The molecule has 1 aliphatic heterocycles. The molecule has 1 aromatic carbocycles. The van der Waals surface area contributed by atoms with Crippen molar-refractivity contribution in [1.29, 1.82) is 0 Å². The van der Waals surface area contributed by atoms with E-state index in [1.807, 2.05) is 27.7 Å². The molecule has 1 fully saturated rings. The highest BCUT2D eigenvalue weighted by Gasteiger charge is 2.33. The van der Waals surface area contributed by atoms with Gasteiger partial charge >= 0.3 is 6.09 Å². The number of aromatic nitrogens is 2. The van der Waals surface area contributed by atoms with E-state index in [1.165, 1.54) is 0 Å². The van der Waals surface area contributed by atoms with Gasteiger partial charge in [0.2, 0.25) is 5.82 Å². The van der Waals surface area contributed by atoms with Crippen LogP contribution in [0.3, 0.4) is 0 Å². The average Bonchev–Trinajstić information content (AvgIpc) is 2.59. The monoisotopic (exact) mass is 424 g/mol. The molecule has 1 atom stereocenters. The molecule has 0 spiro atoms. The lowest BCUT2D eigenvalue weighted by molar-refractivity contribution is 0.00182. The summed E-state index contributed by atoms with van der Waals surface area (Å²) in [6.07, 6.45) is -0.381. The van der Waals surface area contributed by atoms with Crippen LogP contribution < -0.4 is 0 Å². The largest absolute Gasteiger partial charge is 0.444 e. The van der Waals surface area contributed by atoms with Crippen LogP contribution in [0.4, 0.5) is 4.79 Å². The zero-order valence-electron chi connectivity index (χ0n) is 16.2. The predicted molar refractivity (Wildman–Crippen MR) is 108 cm³/mol. The third kappa shape index (κ3) is 4.47. The summed E-state index contributed by atoms with van der Waals surface area (Å²) < 4.78 is 5.43. The number of carbonyl (C=O) groups excluding carboxylic acids is 2. The Balaban J connectivity index is 1.75. The first kappa shape index (κ1) is 20.6. The molecule has 0 radical (unpaired) electrons. The van der Waals surface area contributed by atoms with E-state index in [1.54, 1.807) is 28.0 Å². The number of hydrogen-bond acceptors (Lipinski definition) is 5. The number of nitrogens with zero attached hydrogens (tertiary/aromatic N) is 4. The number of halogens is 2. The molecule has 9 heteroatoms. The summed E-state index contributed by atoms with van der Waals surface area (Å²) in [6, 6.07) is 4.85. The number of amides is 2. The molecule has 3 rings (SSSR count). The molecule has 2 amide bonds. The quantitative estimate of drug-likeness (QED) is 0.646. The van der Waals surface area contributed by atoms with E-state index in [4.69, 9.17) is 27.9 Å². The van der Waals surface area contributed by atoms with Gasteiger partial charge in [0.05, 0.1) is 5.52 Å². The standard InChI is InChI=1S/C19H22Cl2N4O3/c1-11-10-24(7-8-25(11)18(27)28-19(2,3)4)17(26)16-22-14-6-5-12(20)9-13(14)15(21)23-16/h5-6,9,11H,7-8,10H2,1-4H3/t11-/m1/s1. The Labute approximate surface area is 173 Å². The zero-order valence-corrected chi connectivity index (χ0v) is 17.7. The summed E-state index contributed by atoms with van der Waals surface area (Å²) in [6.45, 7) is 8.44. The van der Waals surface area contributed by atoms with Gasteiger partial charge in [-0.3, -0.25) is 4.79 Å². The normalized spacial score (nSPS) is 17.7. The minimum Gasteiger partial charge on any atom is -0.444 e. The summed E-state index contributed by atoms with van der Waals surface area (Å²) in [5.41, 5.74) is -0.0179. The van der Waals surface area contributed by atoms with Crippen LogP contribution in [-0.4, -0.2) is 63.0 Å². The molecule has 0 unspecified atom stereocenters. The Hall–Kier alpha value is -2.12. The highest BCUT2D eigenvalue weighted by Crippen LogP contribution is 2.24. The third-order valence-corrected chi connectivity index (χ3v) is 4.87. The molecule has 1 aliphatic rings. The summed E-state index contributed by atoms with van der Waals surface area (Å²) in [5.74, 6) is -0.299. The summed E-state index contributed by atoms with van der Waals surface area (Å²) in [4.78, 5) is 37.0. The van der Waals surface area contributed by atoms with Crippen LogP contribution in [0.25, 0.3) is 10.9 Å². The molecule has 0 bridgehead atoms. The van der Waals surface area contributed by atoms with Crippen molar-refractivity contribution < 1.29 is 14.3 Å². The van der Waals surface area contributed by atoms with Crippen molar-refractivity contribution in [3.05, 3.63) is 34.2 Å². The highest BCUT2D eigenvalue weighted by atomic mass is 35.5. The van der Waals surface area contributed by atoms with Gasteiger partial charge in [0.25, 0.3) is 5.91 Å². The fourth-order valence-corrected chi connectivity index (χ4v) is 3.44. The van der Waals surface area contributed by atoms with Crippen molar-refractivity contribution in [3.63, 3.8) is 0 Å². The van der Waals surface area contributed by atoms with Crippen LogP contribution in [0.2, 0.25) is 10.2 Å². The second kappa shape index (κ2) is 7.72. The van der Waals surface area contributed by atoms with Gasteiger partial charge in [-0.25, -0.2) is 14.8 Å². The van der Waals surface area contributed by atoms with E-state index < -0.39 is 5.60 Å². The van der Waals surface area contributed by atoms with Gasteiger partial charge < -0.3 is 14.5 Å². The Bertz CT molecular complexity index is 929. The number of benzene rings is 1. The number of ether oxygens (including phenoxy) is 1. The molecule has 2 heterocycles. The van der Waals surface area contributed by atoms with E-state index in [0.29, 0.717) is 35.6 Å². The Morgan fingerprint density at radius 1 is 1.18 bits per heavy atom. The predicted octanol–water partition coefficient (Wildman–Crippen LogP) is 4.02. The van der Waals surface area contributed by atoms with E-state index in [2.05, 4.69) is 9.97 Å². The molecule has 150 valence electrons. The maximum absolute atomic E-state index is 12.9. The lowest BCUT2D eigenvalue weighted by Gasteiger charge is -2.39. The topological polar surface area (TPSA) is 75.6 Å². The van der Waals surface area contributed by atoms with Crippen molar-refractivity contribution >= 4 is 46.1 Å². The molecule has 0 N–H and O–H groups in total. The lowest BCUT2D eigenvalue weighted by Crippen LogP contribution is -2.56. The number of carbonyl (C=O) groups is 2. The Morgan fingerprint density at radius 3 is 2.54 bits per heavy atom. The molecule has 1 aromatic heterocycles. The smallest absolute Gasteiger partial charge is 0.410 e.